The number of ether oxygens (including phenoxy) is 1. The van der Waals surface area contributed by atoms with Gasteiger partial charge >= 0.3 is 0 Å². The third-order valence-corrected chi connectivity index (χ3v) is 4.54. The van der Waals surface area contributed by atoms with E-state index in [1.807, 2.05) is 0 Å². The Morgan fingerprint density at radius 2 is 1.90 bits per heavy atom. The van der Waals surface area contributed by atoms with Crippen molar-refractivity contribution in [2.24, 2.45) is 0 Å². The molecule has 20 heavy (non-hydrogen) atoms. The molecule has 0 radical (unpaired) electrons. The normalized spacial score (nSPS) is 13.4. The number of hydrogen-bond acceptors (Lipinski definition) is 2. The summed E-state index contributed by atoms with van der Waals surface area (Å²) in [7, 11) is 0. The van der Waals surface area contributed by atoms with Gasteiger partial charge in [0.2, 0.25) is 0 Å². The Morgan fingerprint density at radius 3 is 2.40 bits per heavy atom. The SMILES string of the molecule is CCNC(Cc1cccc(Br)c1)C(CC)(CC)OCC. The molecular formula is C17H28BrNO. The van der Waals surface area contributed by atoms with Crippen LogP contribution >= 0.6 is 15.9 Å². The van der Waals surface area contributed by atoms with E-state index < -0.39 is 0 Å². The number of likely N-dealkylation sites (N-methyl/N-ethyl adjacent to an activating group) is 1. The van der Waals surface area contributed by atoms with Gasteiger partial charge in [-0.15, -0.1) is 0 Å². The molecule has 114 valence electrons. The number of nitrogens with one attached hydrogen (secondary N) is 1. The molecule has 1 rings (SSSR count). The van der Waals surface area contributed by atoms with Crippen LogP contribution in [-0.2, 0) is 11.2 Å². The van der Waals surface area contributed by atoms with Crippen molar-refractivity contribution >= 4 is 15.9 Å². The highest BCUT2D eigenvalue weighted by atomic mass is 79.9. The van der Waals surface area contributed by atoms with Crippen LogP contribution < -0.4 is 5.32 Å². The minimum Gasteiger partial charge on any atom is -0.374 e. The van der Waals surface area contributed by atoms with Gasteiger partial charge in [0.05, 0.1) is 5.60 Å². The van der Waals surface area contributed by atoms with Crippen molar-refractivity contribution in [1.82, 2.24) is 5.32 Å². The summed E-state index contributed by atoms with van der Waals surface area (Å²) >= 11 is 3.55. The van der Waals surface area contributed by atoms with Crippen molar-refractivity contribution in [2.75, 3.05) is 13.2 Å². The van der Waals surface area contributed by atoms with Crippen molar-refractivity contribution in [3.05, 3.63) is 34.3 Å². The molecule has 0 amide bonds. The molecule has 1 N–H and O–H groups in total. The van der Waals surface area contributed by atoms with Gasteiger partial charge in [-0.25, -0.2) is 0 Å². The average molecular weight is 342 g/mol. The largest absolute Gasteiger partial charge is 0.374 e. The minimum absolute atomic E-state index is 0.0763. The molecular weight excluding hydrogens is 314 g/mol. The molecule has 1 aromatic rings. The summed E-state index contributed by atoms with van der Waals surface area (Å²) in [5.74, 6) is 0. The minimum atomic E-state index is -0.0763. The van der Waals surface area contributed by atoms with Gasteiger partial charge in [-0.1, -0.05) is 48.8 Å². The molecule has 0 fully saturated rings. The first-order chi connectivity index (χ1) is 9.61. The van der Waals surface area contributed by atoms with Crippen LogP contribution in [0.2, 0.25) is 0 Å². The van der Waals surface area contributed by atoms with E-state index in [9.17, 15) is 0 Å². The molecule has 0 saturated heterocycles. The second-order valence-corrected chi connectivity index (χ2v) is 6.06. The van der Waals surface area contributed by atoms with Crippen LogP contribution in [0.1, 0.15) is 46.1 Å². The summed E-state index contributed by atoms with van der Waals surface area (Å²) < 4.78 is 7.31. The van der Waals surface area contributed by atoms with Gasteiger partial charge in [0, 0.05) is 17.1 Å². The fourth-order valence-electron chi connectivity index (χ4n) is 2.93. The first-order valence-corrected chi connectivity index (χ1v) is 8.52. The van der Waals surface area contributed by atoms with Gasteiger partial charge in [0.1, 0.15) is 0 Å². The van der Waals surface area contributed by atoms with Crippen LogP contribution in [0.25, 0.3) is 0 Å². The van der Waals surface area contributed by atoms with E-state index in [0.717, 1.165) is 36.9 Å². The van der Waals surface area contributed by atoms with Gasteiger partial charge < -0.3 is 10.1 Å². The predicted octanol–water partition coefficient (Wildman–Crippen LogP) is 4.57. The molecule has 0 spiro atoms. The Balaban J connectivity index is 2.96. The van der Waals surface area contributed by atoms with E-state index in [2.05, 4.69) is 73.2 Å². The van der Waals surface area contributed by atoms with Crippen molar-refractivity contribution in [3.63, 3.8) is 0 Å². The highest BCUT2D eigenvalue weighted by Gasteiger charge is 2.35. The Kier molecular flexibility index (Phi) is 7.78. The predicted molar refractivity (Wildman–Crippen MR) is 90.2 cm³/mol. The third-order valence-electron chi connectivity index (χ3n) is 4.04. The topological polar surface area (TPSA) is 21.3 Å². The summed E-state index contributed by atoms with van der Waals surface area (Å²) in [5.41, 5.74) is 1.27. The van der Waals surface area contributed by atoms with Crippen LogP contribution in [0.15, 0.2) is 28.7 Å². The van der Waals surface area contributed by atoms with Gasteiger partial charge in [0.15, 0.2) is 0 Å². The quantitative estimate of drug-likeness (QED) is 0.710. The molecule has 0 aliphatic heterocycles. The van der Waals surface area contributed by atoms with Crippen LogP contribution in [-0.4, -0.2) is 24.8 Å². The highest BCUT2D eigenvalue weighted by Crippen LogP contribution is 2.28. The molecule has 1 atom stereocenters. The maximum absolute atomic E-state index is 6.17. The van der Waals surface area contributed by atoms with E-state index in [0.29, 0.717) is 6.04 Å². The summed E-state index contributed by atoms with van der Waals surface area (Å²) in [5, 5.41) is 3.64. The monoisotopic (exact) mass is 341 g/mol. The second-order valence-electron chi connectivity index (χ2n) is 5.15. The maximum atomic E-state index is 6.17. The number of rotatable bonds is 9. The molecule has 0 aliphatic rings. The zero-order chi connectivity index (χ0) is 15.0. The summed E-state index contributed by atoms with van der Waals surface area (Å²) in [6, 6.07) is 8.91. The van der Waals surface area contributed by atoms with E-state index in [4.69, 9.17) is 4.74 Å². The number of benzene rings is 1. The standard InChI is InChI=1S/C17H28BrNO/c1-5-17(6-2,20-8-4)16(19-7-3)13-14-10-9-11-15(18)12-14/h9-12,16,19H,5-8,13H2,1-4H3. The van der Waals surface area contributed by atoms with Crippen LogP contribution in [0.4, 0.5) is 0 Å². The lowest BCUT2D eigenvalue weighted by molar-refractivity contribution is -0.0715. The lowest BCUT2D eigenvalue weighted by Gasteiger charge is -2.40. The lowest BCUT2D eigenvalue weighted by Crippen LogP contribution is -2.53. The Morgan fingerprint density at radius 1 is 1.20 bits per heavy atom. The van der Waals surface area contributed by atoms with E-state index in [1.165, 1.54) is 5.56 Å². The summed E-state index contributed by atoms with van der Waals surface area (Å²) in [6.07, 6.45) is 3.06. The molecule has 0 aromatic heterocycles. The summed E-state index contributed by atoms with van der Waals surface area (Å²) in [4.78, 5) is 0. The molecule has 0 heterocycles. The molecule has 0 saturated carbocycles. The average Bonchev–Trinajstić information content (AvgIpc) is 2.45. The third kappa shape index (κ3) is 4.57. The lowest BCUT2D eigenvalue weighted by atomic mass is 9.84. The van der Waals surface area contributed by atoms with E-state index in [-0.39, 0.29) is 5.60 Å². The van der Waals surface area contributed by atoms with E-state index in [1.54, 1.807) is 0 Å². The Hall–Kier alpha value is -0.380. The van der Waals surface area contributed by atoms with Crippen LogP contribution in [0.3, 0.4) is 0 Å². The summed E-state index contributed by atoms with van der Waals surface area (Å²) in [6.45, 7) is 10.4. The zero-order valence-corrected chi connectivity index (χ0v) is 14.8. The number of halogens is 1. The van der Waals surface area contributed by atoms with Gasteiger partial charge in [-0.3, -0.25) is 0 Å². The van der Waals surface area contributed by atoms with Crippen molar-refractivity contribution in [3.8, 4) is 0 Å². The molecule has 0 bridgehead atoms. The van der Waals surface area contributed by atoms with Crippen LogP contribution in [0.5, 0.6) is 0 Å². The van der Waals surface area contributed by atoms with Gasteiger partial charge in [-0.05, 0) is 50.4 Å². The van der Waals surface area contributed by atoms with Gasteiger partial charge in [0.25, 0.3) is 0 Å². The smallest absolute Gasteiger partial charge is 0.0832 e. The van der Waals surface area contributed by atoms with Crippen molar-refractivity contribution in [2.45, 2.75) is 58.6 Å². The number of hydrogen-bond donors (Lipinski definition) is 1. The second kappa shape index (κ2) is 8.81. The molecule has 1 unspecified atom stereocenters. The fraction of sp³-hybridized carbons (Fsp3) is 0.647. The van der Waals surface area contributed by atoms with Gasteiger partial charge in [-0.2, -0.15) is 0 Å². The fourth-order valence-corrected chi connectivity index (χ4v) is 3.37. The zero-order valence-electron chi connectivity index (χ0n) is 13.2. The Bertz CT molecular complexity index is 390. The first kappa shape index (κ1) is 17.7. The maximum Gasteiger partial charge on any atom is 0.0832 e. The van der Waals surface area contributed by atoms with E-state index >= 15 is 0 Å². The molecule has 1 aromatic carbocycles. The highest BCUT2D eigenvalue weighted by molar-refractivity contribution is 9.10. The molecule has 2 nitrogen and oxygen atoms in total. The van der Waals surface area contributed by atoms with Crippen molar-refractivity contribution < 1.29 is 4.74 Å². The first-order valence-electron chi connectivity index (χ1n) is 7.73. The molecule has 3 heteroatoms. The molecule has 0 aliphatic carbocycles. The Labute approximate surface area is 132 Å². The van der Waals surface area contributed by atoms with Crippen molar-refractivity contribution in [1.29, 1.82) is 0 Å². The van der Waals surface area contributed by atoms with Crippen LogP contribution in [0, 0.1) is 0 Å².